The van der Waals surface area contributed by atoms with E-state index in [0.29, 0.717) is 11.3 Å². The molecular formula is C17H16N6O3. The molecule has 0 bridgehead atoms. The quantitative estimate of drug-likeness (QED) is 0.737. The highest BCUT2D eigenvalue weighted by Gasteiger charge is 2.22. The van der Waals surface area contributed by atoms with Gasteiger partial charge in [0.1, 0.15) is 6.04 Å². The molecular weight excluding hydrogens is 336 g/mol. The lowest BCUT2D eigenvalue weighted by Crippen LogP contribution is -2.38. The zero-order valence-corrected chi connectivity index (χ0v) is 14.4. The van der Waals surface area contributed by atoms with E-state index >= 15 is 0 Å². The first-order valence-corrected chi connectivity index (χ1v) is 7.78. The van der Waals surface area contributed by atoms with E-state index in [0.717, 1.165) is 4.57 Å². The maximum atomic E-state index is 12.6. The van der Waals surface area contributed by atoms with Gasteiger partial charge in [-0.1, -0.05) is 6.07 Å². The van der Waals surface area contributed by atoms with E-state index in [2.05, 4.69) is 10.3 Å². The van der Waals surface area contributed by atoms with Gasteiger partial charge < -0.3 is 9.88 Å². The number of anilines is 1. The van der Waals surface area contributed by atoms with Gasteiger partial charge >= 0.3 is 5.69 Å². The fourth-order valence-corrected chi connectivity index (χ4v) is 2.70. The van der Waals surface area contributed by atoms with Crippen LogP contribution < -0.4 is 16.6 Å². The molecule has 0 aliphatic heterocycles. The topological polar surface area (TPSA) is 115 Å². The minimum atomic E-state index is -0.754. The van der Waals surface area contributed by atoms with Crippen LogP contribution in [-0.2, 0) is 18.9 Å². The fourth-order valence-electron chi connectivity index (χ4n) is 2.70. The second kappa shape index (κ2) is 6.33. The van der Waals surface area contributed by atoms with E-state index in [4.69, 9.17) is 5.26 Å². The first-order chi connectivity index (χ1) is 12.3. The van der Waals surface area contributed by atoms with Crippen molar-refractivity contribution in [1.29, 1.82) is 5.26 Å². The predicted molar refractivity (Wildman–Crippen MR) is 94.7 cm³/mol. The van der Waals surface area contributed by atoms with Gasteiger partial charge in [-0.3, -0.25) is 18.7 Å². The number of hydrogen-bond donors (Lipinski definition) is 1. The number of imidazole rings is 1. The first-order valence-electron chi connectivity index (χ1n) is 7.78. The minimum absolute atomic E-state index is 0.169. The number of carbonyl (C=O) groups is 1. The number of aryl methyl sites for hydroxylation is 1. The summed E-state index contributed by atoms with van der Waals surface area (Å²) in [5.74, 6) is -0.379. The molecule has 132 valence electrons. The van der Waals surface area contributed by atoms with Gasteiger partial charge in [0.25, 0.3) is 5.56 Å². The standard InChI is InChI=1S/C17H16N6O3/c1-10(15(24)20-12-6-4-5-11(7-12)8-18)23-9-19-14-13(23)16(25)22(3)17(26)21(14)2/h4-7,9-10H,1-3H3,(H,20,24)/t10-/m1/s1. The Labute approximate surface area is 147 Å². The number of rotatable bonds is 3. The van der Waals surface area contributed by atoms with E-state index in [1.165, 1.54) is 29.6 Å². The van der Waals surface area contributed by atoms with Gasteiger partial charge in [0, 0.05) is 19.8 Å². The van der Waals surface area contributed by atoms with Crippen molar-refractivity contribution in [3.05, 3.63) is 57.0 Å². The summed E-state index contributed by atoms with van der Waals surface area (Å²) in [5, 5.41) is 11.7. The van der Waals surface area contributed by atoms with Gasteiger partial charge in [0.15, 0.2) is 11.2 Å². The number of hydrogen-bond acceptors (Lipinski definition) is 5. The van der Waals surface area contributed by atoms with Crippen molar-refractivity contribution in [3.63, 3.8) is 0 Å². The number of nitriles is 1. The number of nitrogens with one attached hydrogen (secondary N) is 1. The second-order valence-corrected chi connectivity index (χ2v) is 5.89. The fraction of sp³-hybridized carbons (Fsp3) is 0.235. The van der Waals surface area contributed by atoms with Crippen LogP contribution in [0.5, 0.6) is 0 Å². The van der Waals surface area contributed by atoms with Crippen LogP contribution in [0.15, 0.2) is 40.2 Å². The van der Waals surface area contributed by atoms with Crippen molar-refractivity contribution in [2.24, 2.45) is 14.1 Å². The van der Waals surface area contributed by atoms with Gasteiger partial charge in [0.05, 0.1) is 18.0 Å². The van der Waals surface area contributed by atoms with Gasteiger partial charge in [-0.2, -0.15) is 5.26 Å². The van der Waals surface area contributed by atoms with Crippen molar-refractivity contribution in [2.45, 2.75) is 13.0 Å². The molecule has 1 N–H and O–H groups in total. The predicted octanol–water partition coefficient (Wildman–Crippen LogP) is 0.505. The minimum Gasteiger partial charge on any atom is -0.324 e. The summed E-state index contributed by atoms with van der Waals surface area (Å²) in [7, 11) is 2.89. The highest BCUT2D eigenvalue weighted by Crippen LogP contribution is 2.16. The molecule has 1 amide bonds. The van der Waals surface area contributed by atoms with Gasteiger partial charge in [-0.15, -0.1) is 0 Å². The molecule has 1 aromatic carbocycles. The molecule has 0 unspecified atom stereocenters. The smallest absolute Gasteiger partial charge is 0.324 e. The number of nitrogens with zero attached hydrogens (tertiary/aromatic N) is 5. The maximum Gasteiger partial charge on any atom is 0.332 e. The molecule has 2 aromatic heterocycles. The highest BCUT2D eigenvalue weighted by atomic mass is 16.2. The number of amides is 1. The molecule has 9 nitrogen and oxygen atoms in total. The Hall–Kier alpha value is -3.67. The van der Waals surface area contributed by atoms with E-state index in [1.807, 2.05) is 6.07 Å². The molecule has 1 atom stereocenters. The van der Waals surface area contributed by atoms with Crippen LogP contribution in [0.3, 0.4) is 0 Å². The molecule has 3 rings (SSSR count). The van der Waals surface area contributed by atoms with Crippen molar-refractivity contribution in [1.82, 2.24) is 18.7 Å². The third-order valence-electron chi connectivity index (χ3n) is 4.23. The summed E-state index contributed by atoms with van der Waals surface area (Å²) in [4.78, 5) is 41.2. The van der Waals surface area contributed by atoms with E-state index < -0.39 is 17.3 Å². The molecule has 2 heterocycles. The summed E-state index contributed by atoms with van der Waals surface area (Å²) in [6.45, 7) is 1.62. The number of fused-ring (bicyclic) bond motifs is 1. The average molecular weight is 352 g/mol. The maximum absolute atomic E-state index is 12.6. The summed E-state index contributed by atoms with van der Waals surface area (Å²) in [6, 6.07) is 7.77. The summed E-state index contributed by atoms with van der Waals surface area (Å²) >= 11 is 0. The van der Waals surface area contributed by atoms with Gasteiger partial charge in [-0.05, 0) is 25.1 Å². The molecule has 26 heavy (non-hydrogen) atoms. The number of benzene rings is 1. The highest BCUT2D eigenvalue weighted by molar-refractivity contribution is 5.94. The van der Waals surface area contributed by atoms with Crippen LogP contribution in [0.4, 0.5) is 5.69 Å². The summed E-state index contributed by atoms with van der Waals surface area (Å²) in [5.41, 5.74) is 0.273. The van der Waals surface area contributed by atoms with E-state index in [-0.39, 0.29) is 17.1 Å². The summed E-state index contributed by atoms with van der Waals surface area (Å²) < 4.78 is 3.66. The Kier molecular flexibility index (Phi) is 4.18. The molecule has 0 fully saturated rings. The first kappa shape index (κ1) is 17.2. The second-order valence-electron chi connectivity index (χ2n) is 5.89. The molecule has 0 radical (unpaired) electrons. The van der Waals surface area contributed by atoms with Gasteiger partial charge in [0.2, 0.25) is 5.91 Å². The lowest BCUT2D eigenvalue weighted by molar-refractivity contribution is -0.118. The Balaban J connectivity index is 2.01. The molecule has 9 heteroatoms. The molecule has 3 aromatic rings. The van der Waals surface area contributed by atoms with Crippen molar-refractivity contribution in [3.8, 4) is 6.07 Å². The van der Waals surface area contributed by atoms with E-state index in [1.54, 1.807) is 31.2 Å². The Bertz CT molecular complexity index is 1180. The lowest BCUT2D eigenvalue weighted by Gasteiger charge is -2.15. The Morgan fingerprint density at radius 2 is 2.00 bits per heavy atom. The third kappa shape index (κ3) is 2.67. The monoisotopic (exact) mass is 352 g/mol. The molecule has 0 saturated carbocycles. The normalized spacial score (nSPS) is 11.9. The third-order valence-corrected chi connectivity index (χ3v) is 4.23. The molecule has 0 aliphatic carbocycles. The van der Waals surface area contributed by atoms with E-state index in [9.17, 15) is 14.4 Å². The van der Waals surface area contributed by atoms with Crippen LogP contribution >= 0.6 is 0 Å². The van der Waals surface area contributed by atoms with Crippen LogP contribution in [0.2, 0.25) is 0 Å². The van der Waals surface area contributed by atoms with Crippen molar-refractivity contribution in [2.75, 3.05) is 5.32 Å². The number of aromatic nitrogens is 4. The Morgan fingerprint density at radius 3 is 2.69 bits per heavy atom. The largest absolute Gasteiger partial charge is 0.332 e. The van der Waals surface area contributed by atoms with Crippen LogP contribution in [-0.4, -0.2) is 24.6 Å². The average Bonchev–Trinajstić information content (AvgIpc) is 3.09. The van der Waals surface area contributed by atoms with Crippen molar-refractivity contribution >= 4 is 22.8 Å². The molecule has 0 aliphatic rings. The van der Waals surface area contributed by atoms with Gasteiger partial charge in [-0.25, -0.2) is 9.78 Å². The zero-order valence-electron chi connectivity index (χ0n) is 14.4. The summed E-state index contributed by atoms with van der Waals surface area (Å²) in [6.07, 6.45) is 1.36. The lowest BCUT2D eigenvalue weighted by atomic mass is 10.2. The molecule has 0 saturated heterocycles. The molecule has 0 spiro atoms. The number of carbonyl (C=O) groups excluding carboxylic acids is 1. The van der Waals surface area contributed by atoms with Crippen LogP contribution in [0.1, 0.15) is 18.5 Å². The van der Waals surface area contributed by atoms with Crippen LogP contribution in [0.25, 0.3) is 11.2 Å². The van der Waals surface area contributed by atoms with Crippen molar-refractivity contribution < 1.29 is 4.79 Å². The van der Waals surface area contributed by atoms with Crippen LogP contribution in [0, 0.1) is 11.3 Å². The SMILES string of the molecule is C[C@H](C(=O)Nc1cccc(C#N)c1)n1cnc2c1c(=O)n(C)c(=O)n2C. The Morgan fingerprint density at radius 1 is 1.27 bits per heavy atom. The zero-order chi connectivity index (χ0) is 19.0.